The molecule has 9 heteroatoms. The van der Waals surface area contributed by atoms with E-state index in [1.54, 1.807) is 19.2 Å². The third-order valence-electron chi connectivity index (χ3n) is 3.29. The van der Waals surface area contributed by atoms with Gasteiger partial charge in [-0.05, 0) is 45.4 Å². The summed E-state index contributed by atoms with van der Waals surface area (Å²) >= 11 is 0. The van der Waals surface area contributed by atoms with Crippen LogP contribution >= 0.6 is 24.0 Å². The molecule has 0 aromatic heterocycles. The predicted molar refractivity (Wildman–Crippen MR) is 122 cm³/mol. The lowest BCUT2D eigenvalue weighted by atomic mass is 10.1. The Balaban J connectivity index is 0.00000729. The lowest BCUT2D eigenvalue weighted by molar-refractivity contribution is 0.0528. The quantitative estimate of drug-likeness (QED) is 0.197. The number of hydrogen-bond acceptors (Lipinski definition) is 4. The van der Waals surface area contributed by atoms with Crippen LogP contribution in [-0.2, 0) is 11.3 Å². The summed E-state index contributed by atoms with van der Waals surface area (Å²) < 4.78 is 5.18. The molecule has 1 aromatic carbocycles. The van der Waals surface area contributed by atoms with Gasteiger partial charge in [-0.25, -0.2) is 9.79 Å². The molecule has 1 aromatic rings. The molecule has 0 aliphatic carbocycles. The summed E-state index contributed by atoms with van der Waals surface area (Å²) in [5.74, 6) is 0.538. The number of hydrogen-bond donors (Lipinski definition) is 4. The number of carbonyl (C=O) groups excluding carboxylic acids is 2. The van der Waals surface area contributed by atoms with Gasteiger partial charge in [0.25, 0.3) is 5.91 Å². The molecule has 0 bridgehead atoms. The zero-order chi connectivity index (χ0) is 20.3. The molecule has 28 heavy (non-hydrogen) atoms. The van der Waals surface area contributed by atoms with Crippen molar-refractivity contribution in [3.05, 3.63) is 35.4 Å². The van der Waals surface area contributed by atoms with E-state index in [4.69, 9.17) is 4.74 Å². The maximum atomic E-state index is 11.6. The van der Waals surface area contributed by atoms with Crippen molar-refractivity contribution in [1.29, 1.82) is 0 Å². The number of rotatable bonds is 7. The molecule has 0 saturated carbocycles. The number of guanidine groups is 1. The Morgan fingerprint density at radius 2 is 1.64 bits per heavy atom. The van der Waals surface area contributed by atoms with Crippen LogP contribution < -0.4 is 21.3 Å². The van der Waals surface area contributed by atoms with Gasteiger partial charge in [0, 0.05) is 32.2 Å². The van der Waals surface area contributed by atoms with Crippen molar-refractivity contribution in [1.82, 2.24) is 21.3 Å². The second-order valence-electron chi connectivity index (χ2n) is 6.83. The number of nitrogens with zero attached hydrogens (tertiary/aromatic N) is 1. The molecule has 1 rings (SSSR count). The molecule has 0 fully saturated rings. The molecule has 0 atom stereocenters. The van der Waals surface area contributed by atoms with E-state index in [-0.39, 0.29) is 29.9 Å². The zero-order valence-corrected chi connectivity index (χ0v) is 19.5. The number of nitrogens with one attached hydrogen (secondary N) is 4. The van der Waals surface area contributed by atoms with Gasteiger partial charge in [0.1, 0.15) is 5.60 Å². The van der Waals surface area contributed by atoms with Gasteiger partial charge in [0.15, 0.2) is 5.96 Å². The molecule has 0 unspecified atom stereocenters. The minimum Gasteiger partial charge on any atom is -0.444 e. The first-order chi connectivity index (χ1) is 12.7. The molecule has 2 amide bonds. The van der Waals surface area contributed by atoms with Gasteiger partial charge in [-0.1, -0.05) is 12.1 Å². The SMILES string of the molecule is CCNC(=NCc1ccc(C(=O)NC)cc1)NCCNC(=O)OC(C)(C)C.I. The van der Waals surface area contributed by atoms with Crippen molar-refractivity contribution in [2.24, 2.45) is 4.99 Å². The van der Waals surface area contributed by atoms with E-state index >= 15 is 0 Å². The highest BCUT2D eigenvalue weighted by Crippen LogP contribution is 2.06. The van der Waals surface area contributed by atoms with Gasteiger partial charge >= 0.3 is 6.09 Å². The van der Waals surface area contributed by atoms with Crippen LogP contribution in [0.5, 0.6) is 0 Å². The maximum Gasteiger partial charge on any atom is 0.407 e. The first-order valence-corrected chi connectivity index (χ1v) is 9.05. The number of alkyl carbamates (subject to hydrolysis) is 1. The highest BCUT2D eigenvalue weighted by molar-refractivity contribution is 14.0. The van der Waals surface area contributed by atoms with Crippen molar-refractivity contribution in [3.63, 3.8) is 0 Å². The number of benzene rings is 1. The molecule has 0 spiro atoms. The average molecular weight is 505 g/mol. The number of carbonyl (C=O) groups is 2. The lowest BCUT2D eigenvalue weighted by Gasteiger charge is -2.19. The van der Waals surface area contributed by atoms with Crippen LogP contribution in [0.2, 0.25) is 0 Å². The third kappa shape index (κ3) is 11.0. The van der Waals surface area contributed by atoms with Crippen molar-refractivity contribution < 1.29 is 14.3 Å². The van der Waals surface area contributed by atoms with Gasteiger partial charge in [-0.2, -0.15) is 0 Å². The molecular formula is C19H32IN5O3. The van der Waals surface area contributed by atoms with Crippen LogP contribution in [-0.4, -0.2) is 50.2 Å². The summed E-state index contributed by atoms with van der Waals surface area (Å²) in [7, 11) is 1.60. The molecule has 158 valence electrons. The highest BCUT2D eigenvalue weighted by Gasteiger charge is 2.15. The number of halogens is 1. The minimum atomic E-state index is -0.513. The molecular weight excluding hydrogens is 473 g/mol. The largest absolute Gasteiger partial charge is 0.444 e. The summed E-state index contributed by atoms with van der Waals surface area (Å²) in [6.45, 7) is 9.57. The zero-order valence-electron chi connectivity index (χ0n) is 17.2. The molecule has 0 aliphatic heterocycles. The molecule has 0 radical (unpaired) electrons. The molecule has 8 nitrogen and oxygen atoms in total. The fraction of sp³-hybridized carbons (Fsp3) is 0.526. The number of amides is 2. The minimum absolute atomic E-state index is 0. The molecule has 0 aliphatic rings. The Bertz CT molecular complexity index is 642. The summed E-state index contributed by atoms with van der Waals surface area (Å²) in [5, 5.41) is 11.6. The van der Waals surface area contributed by atoms with Crippen molar-refractivity contribution in [3.8, 4) is 0 Å². The van der Waals surface area contributed by atoms with Gasteiger partial charge in [0.2, 0.25) is 0 Å². The standard InChI is InChI=1S/C19H31N5O3.HI/c1-6-21-17(22-11-12-23-18(26)27-19(2,3)4)24-13-14-7-9-15(10-8-14)16(25)20-5;/h7-10H,6,11-13H2,1-5H3,(H,20,25)(H,23,26)(H2,21,22,24);1H. The first-order valence-electron chi connectivity index (χ1n) is 9.05. The smallest absolute Gasteiger partial charge is 0.407 e. The van der Waals surface area contributed by atoms with Crippen LogP contribution in [0.3, 0.4) is 0 Å². The van der Waals surface area contributed by atoms with Crippen LogP contribution in [0.4, 0.5) is 4.79 Å². The monoisotopic (exact) mass is 505 g/mol. The Hall–Kier alpha value is -2.04. The van der Waals surface area contributed by atoms with Crippen molar-refractivity contribution in [2.75, 3.05) is 26.7 Å². The van der Waals surface area contributed by atoms with E-state index in [1.807, 2.05) is 39.8 Å². The fourth-order valence-electron chi connectivity index (χ4n) is 2.08. The van der Waals surface area contributed by atoms with Gasteiger partial charge < -0.3 is 26.0 Å². The summed E-state index contributed by atoms with van der Waals surface area (Å²) in [5.41, 5.74) is 1.09. The van der Waals surface area contributed by atoms with Gasteiger partial charge in [0.05, 0.1) is 6.54 Å². The fourth-order valence-corrected chi connectivity index (χ4v) is 2.08. The van der Waals surface area contributed by atoms with Crippen LogP contribution in [0.15, 0.2) is 29.3 Å². The van der Waals surface area contributed by atoms with E-state index < -0.39 is 11.7 Å². The lowest BCUT2D eigenvalue weighted by Crippen LogP contribution is -2.42. The second kappa shape index (κ2) is 13.2. The van der Waals surface area contributed by atoms with Crippen LogP contribution in [0, 0.1) is 0 Å². The summed E-state index contributed by atoms with van der Waals surface area (Å²) in [6.07, 6.45) is -0.442. The van der Waals surface area contributed by atoms with Gasteiger partial charge in [-0.3, -0.25) is 4.79 Å². The average Bonchev–Trinajstić information content (AvgIpc) is 2.61. The Morgan fingerprint density at radius 3 is 2.18 bits per heavy atom. The highest BCUT2D eigenvalue weighted by atomic mass is 127. The van der Waals surface area contributed by atoms with E-state index in [0.29, 0.717) is 31.2 Å². The van der Waals surface area contributed by atoms with E-state index in [2.05, 4.69) is 26.3 Å². The number of aliphatic imine (C=N–C) groups is 1. The molecule has 4 N–H and O–H groups in total. The summed E-state index contributed by atoms with van der Waals surface area (Å²) in [4.78, 5) is 27.7. The summed E-state index contributed by atoms with van der Waals surface area (Å²) in [6, 6.07) is 7.30. The van der Waals surface area contributed by atoms with Crippen molar-refractivity contribution in [2.45, 2.75) is 39.8 Å². The normalized spacial score (nSPS) is 11.1. The van der Waals surface area contributed by atoms with Crippen LogP contribution in [0.25, 0.3) is 0 Å². The Morgan fingerprint density at radius 1 is 1.04 bits per heavy atom. The van der Waals surface area contributed by atoms with E-state index in [0.717, 1.165) is 12.1 Å². The Labute approximate surface area is 184 Å². The number of ether oxygens (including phenoxy) is 1. The molecule has 0 saturated heterocycles. The topological polar surface area (TPSA) is 104 Å². The predicted octanol–water partition coefficient (Wildman–Crippen LogP) is 2.24. The first kappa shape index (κ1) is 26.0. The van der Waals surface area contributed by atoms with E-state index in [1.165, 1.54) is 0 Å². The third-order valence-corrected chi connectivity index (χ3v) is 3.29. The Kier molecular flexibility index (Phi) is 12.2. The van der Waals surface area contributed by atoms with Gasteiger partial charge in [-0.15, -0.1) is 24.0 Å². The second-order valence-corrected chi connectivity index (χ2v) is 6.83. The maximum absolute atomic E-state index is 11.6. The van der Waals surface area contributed by atoms with E-state index in [9.17, 15) is 9.59 Å². The van der Waals surface area contributed by atoms with Crippen molar-refractivity contribution >= 4 is 41.9 Å². The molecule has 0 heterocycles. The van der Waals surface area contributed by atoms with Crippen LogP contribution in [0.1, 0.15) is 43.6 Å².